The molecule has 0 saturated carbocycles. The minimum absolute atomic E-state index is 0.143. The van der Waals surface area contributed by atoms with Crippen molar-refractivity contribution < 1.29 is 4.79 Å². The maximum absolute atomic E-state index is 12.6. The van der Waals surface area contributed by atoms with Gasteiger partial charge in [0.25, 0.3) is 5.91 Å². The summed E-state index contributed by atoms with van der Waals surface area (Å²) in [6, 6.07) is 22.9. The van der Waals surface area contributed by atoms with Crippen molar-refractivity contribution in [3.05, 3.63) is 103 Å². The molecule has 31 heavy (non-hydrogen) atoms. The van der Waals surface area contributed by atoms with E-state index in [4.69, 9.17) is 5.10 Å². The van der Waals surface area contributed by atoms with Crippen molar-refractivity contribution in [1.82, 2.24) is 19.6 Å². The van der Waals surface area contributed by atoms with Gasteiger partial charge in [-0.05, 0) is 49.4 Å². The summed E-state index contributed by atoms with van der Waals surface area (Å²) in [6.45, 7) is 2.00. The summed E-state index contributed by atoms with van der Waals surface area (Å²) in [7, 11) is 0. The number of nitrogens with one attached hydrogen (secondary N) is 1. The van der Waals surface area contributed by atoms with E-state index in [-0.39, 0.29) is 5.91 Å². The second kappa shape index (κ2) is 7.84. The van der Waals surface area contributed by atoms with Crippen LogP contribution in [0, 0.1) is 6.92 Å². The first-order valence-corrected chi connectivity index (χ1v) is 9.91. The molecule has 0 bridgehead atoms. The van der Waals surface area contributed by atoms with Crippen LogP contribution in [0.15, 0.2) is 91.4 Å². The fourth-order valence-corrected chi connectivity index (χ4v) is 3.44. The van der Waals surface area contributed by atoms with Gasteiger partial charge in [0.05, 0.1) is 11.4 Å². The molecule has 3 heterocycles. The zero-order valence-electron chi connectivity index (χ0n) is 16.9. The molecular weight excluding hydrogens is 386 g/mol. The van der Waals surface area contributed by atoms with Gasteiger partial charge in [0.15, 0.2) is 5.65 Å². The van der Waals surface area contributed by atoms with E-state index in [0.717, 1.165) is 39.4 Å². The molecule has 0 aliphatic carbocycles. The maximum Gasteiger partial charge on any atom is 0.255 e. The second-order valence-electron chi connectivity index (χ2n) is 7.27. The number of aromatic nitrogens is 4. The number of nitrogens with zero attached hydrogens (tertiary/aromatic N) is 4. The van der Waals surface area contributed by atoms with E-state index in [1.54, 1.807) is 18.6 Å². The van der Waals surface area contributed by atoms with Crippen molar-refractivity contribution in [1.29, 1.82) is 0 Å². The second-order valence-corrected chi connectivity index (χ2v) is 7.27. The lowest BCUT2D eigenvalue weighted by molar-refractivity contribution is 0.102. The summed E-state index contributed by atoms with van der Waals surface area (Å²) in [5.41, 5.74) is 6.82. The lowest BCUT2D eigenvalue weighted by Gasteiger charge is -2.09. The van der Waals surface area contributed by atoms with Crippen LogP contribution in [-0.2, 0) is 0 Å². The van der Waals surface area contributed by atoms with Crippen LogP contribution in [0.4, 0.5) is 5.69 Å². The molecule has 0 unspecified atom stereocenters. The van der Waals surface area contributed by atoms with Crippen LogP contribution >= 0.6 is 0 Å². The molecular formula is C25H19N5O. The van der Waals surface area contributed by atoms with Crippen LogP contribution in [0.3, 0.4) is 0 Å². The van der Waals surface area contributed by atoms with Crippen molar-refractivity contribution in [3.8, 4) is 22.5 Å². The molecule has 1 amide bonds. The topological polar surface area (TPSA) is 72.2 Å². The van der Waals surface area contributed by atoms with E-state index < -0.39 is 0 Å². The van der Waals surface area contributed by atoms with Crippen molar-refractivity contribution in [2.45, 2.75) is 6.92 Å². The molecule has 5 rings (SSSR count). The van der Waals surface area contributed by atoms with E-state index in [2.05, 4.69) is 15.3 Å². The van der Waals surface area contributed by atoms with Crippen molar-refractivity contribution >= 4 is 17.2 Å². The van der Waals surface area contributed by atoms with Crippen molar-refractivity contribution in [2.75, 3.05) is 5.32 Å². The van der Waals surface area contributed by atoms with Crippen LogP contribution in [-0.4, -0.2) is 25.5 Å². The summed E-state index contributed by atoms with van der Waals surface area (Å²) in [6.07, 6.45) is 5.25. The SMILES string of the molecule is Cc1ccc(C(=O)Nc2cccc(-c3ccnc4cc(-c5ccncc5)nn34)c2)cc1. The molecule has 0 atom stereocenters. The van der Waals surface area contributed by atoms with Crippen molar-refractivity contribution in [2.24, 2.45) is 0 Å². The summed E-state index contributed by atoms with van der Waals surface area (Å²) >= 11 is 0. The maximum atomic E-state index is 12.6. The number of benzene rings is 2. The van der Waals surface area contributed by atoms with E-state index >= 15 is 0 Å². The molecule has 5 aromatic rings. The number of pyridine rings is 1. The number of carbonyl (C=O) groups excluding carboxylic acids is 1. The van der Waals surface area contributed by atoms with Gasteiger partial charge in [-0.2, -0.15) is 5.10 Å². The molecule has 0 fully saturated rings. The Kier molecular flexibility index (Phi) is 4.72. The van der Waals surface area contributed by atoms with Gasteiger partial charge in [-0.15, -0.1) is 0 Å². The standard InChI is InChI=1S/C25H19N5O/c1-17-5-7-19(8-6-17)25(31)28-21-4-2-3-20(15-21)23-11-14-27-24-16-22(29-30(23)24)18-9-12-26-13-10-18/h2-16H,1H3,(H,28,31). The Morgan fingerprint density at radius 2 is 1.68 bits per heavy atom. The Labute approximate surface area is 179 Å². The van der Waals surface area contributed by atoms with Gasteiger partial charge in [0, 0.05) is 47.0 Å². The highest BCUT2D eigenvalue weighted by Crippen LogP contribution is 2.26. The van der Waals surface area contributed by atoms with Crippen molar-refractivity contribution in [3.63, 3.8) is 0 Å². The molecule has 3 aromatic heterocycles. The average molecular weight is 405 g/mol. The van der Waals surface area contributed by atoms with E-state index in [0.29, 0.717) is 5.56 Å². The summed E-state index contributed by atoms with van der Waals surface area (Å²) in [5.74, 6) is -0.143. The minimum Gasteiger partial charge on any atom is -0.322 e. The van der Waals surface area contributed by atoms with Gasteiger partial charge in [0.1, 0.15) is 0 Å². The monoisotopic (exact) mass is 405 g/mol. The molecule has 0 radical (unpaired) electrons. The number of amides is 1. The number of hydrogen-bond acceptors (Lipinski definition) is 4. The molecule has 0 saturated heterocycles. The first-order valence-electron chi connectivity index (χ1n) is 9.91. The summed E-state index contributed by atoms with van der Waals surface area (Å²) in [5, 5.41) is 7.72. The molecule has 0 aliphatic heterocycles. The molecule has 0 aliphatic rings. The lowest BCUT2D eigenvalue weighted by atomic mass is 10.1. The van der Waals surface area contributed by atoms with Gasteiger partial charge < -0.3 is 5.32 Å². The molecule has 6 heteroatoms. The number of aryl methyl sites for hydroxylation is 1. The molecule has 6 nitrogen and oxygen atoms in total. The van der Waals surface area contributed by atoms with Crippen LogP contribution in [0.5, 0.6) is 0 Å². The summed E-state index contributed by atoms with van der Waals surface area (Å²) in [4.78, 5) is 21.1. The van der Waals surface area contributed by atoms with E-state index in [9.17, 15) is 4.79 Å². The number of fused-ring (bicyclic) bond motifs is 1. The lowest BCUT2D eigenvalue weighted by Crippen LogP contribution is -2.11. The Bertz CT molecular complexity index is 1370. The zero-order valence-corrected chi connectivity index (χ0v) is 16.9. The number of anilines is 1. The number of hydrogen-bond donors (Lipinski definition) is 1. The van der Waals surface area contributed by atoms with Gasteiger partial charge in [-0.3, -0.25) is 9.78 Å². The predicted octanol–water partition coefficient (Wildman–Crippen LogP) is 5.02. The molecule has 2 aromatic carbocycles. The van der Waals surface area contributed by atoms with Gasteiger partial charge in [-0.25, -0.2) is 9.50 Å². The highest BCUT2D eigenvalue weighted by molar-refractivity contribution is 6.04. The smallest absolute Gasteiger partial charge is 0.255 e. The van der Waals surface area contributed by atoms with E-state index in [1.807, 2.05) is 84.2 Å². The Balaban J connectivity index is 1.48. The van der Waals surface area contributed by atoms with Crippen LogP contribution in [0.2, 0.25) is 0 Å². The third-order valence-corrected chi connectivity index (χ3v) is 5.06. The van der Waals surface area contributed by atoms with Gasteiger partial charge in [0.2, 0.25) is 0 Å². The number of carbonyl (C=O) groups is 1. The molecule has 0 spiro atoms. The highest BCUT2D eigenvalue weighted by atomic mass is 16.1. The quantitative estimate of drug-likeness (QED) is 0.456. The van der Waals surface area contributed by atoms with E-state index in [1.165, 1.54) is 0 Å². The minimum atomic E-state index is -0.143. The normalized spacial score (nSPS) is 10.9. The molecule has 150 valence electrons. The first kappa shape index (κ1) is 18.7. The van der Waals surface area contributed by atoms with Gasteiger partial charge in [-0.1, -0.05) is 29.8 Å². The first-order chi connectivity index (χ1) is 15.2. The third-order valence-electron chi connectivity index (χ3n) is 5.06. The Morgan fingerprint density at radius 1 is 0.871 bits per heavy atom. The fourth-order valence-electron chi connectivity index (χ4n) is 3.44. The zero-order chi connectivity index (χ0) is 21.2. The highest BCUT2D eigenvalue weighted by Gasteiger charge is 2.11. The summed E-state index contributed by atoms with van der Waals surface area (Å²) < 4.78 is 1.82. The largest absolute Gasteiger partial charge is 0.322 e. The number of rotatable bonds is 4. The Morgan fingerprint density at radius 3 is 2.48 bits per heavy atom. The van der Waals surface area contributed by atoms with Crippen LogP contribution < -0.4 is 5.32 Å². The third kappa shape index (κ3) is 3.79. The van der Waals surface area contributed by atoms with Crippen LogP contribution in [0.25, 0.3) is 28.2 Å². The van der Waals surface area contributed by atoms with Gasteiger partial charge >= 0.3 is 0 Å². The average Bonchev–Trinajstić information content (AvgIpc) is 3.25. The fraction of sp³-hybridized carbons (Fsp3) is 0.0400. The predicted molar refractivity (Wildman–Crippen MR) is 121 cm³/mol. The molecule has 1 N–H and O–H groups in total. The van der Waals surface area contributed by atoms with Crippen LogP contribution in [0.1, 0.15) is 15.9 Å². The Hall–Kier alpha value is -4.32.